The predicted molar refractivity (Wildman–Crippen MR) is 75.5 cm³/mol. The largest absolute Gasteiger partial charge is 0.573 e. The van der Waals surface area contributed by atoms with Gasteiger partial charge in [-0.1, -0.05) is 18.2 Å². The van der Waals surface area contributed by atoms with Crippen molar-refractivity contribution in [2.75, 3.05) is 13.1 Å². The number of benzene rings is 1. The van der Waals surface area contributed by atoms with E-state index in [9.17, 15) is 18.0 Å². The summed E-state index contributed by atoms with van der Waals surface area (Å²) in [7, 11) is 0. The molecule has 0 saturated carbocycles. The zero-order chi connectivity index (χ0) is 16.0. The Morgan fingerprint density at radius 3 is 2.82 bits per heavy atom. The summed E-state index contributed by atoms with van der Waals surface area (Å²) in [5, 5.41) is 5.96. The molecule has 122 valence electrons. The Morgan fingerprint density at radius 1 is 1.36 bits per heavy atom. The van der Waals surface area contributed by atoms with Crippen LogP contribution < -0.4 is 15.4 Å². The molecule has 1 aromatic carbocycles. The van der Waals surface area contributed by atoms with Gasteiger partial charge in [0.1, 0.15) is 5.75 Å². The summed E-state index contributed by atoms with van der Waals surface area (Å²) < 4.78 is 40.9. The van der Waals surface area contributed by atoms with Crippen LogP contribution in [-0.2, 0) is 11.2 Å². The van der Waals surface area contributed by atoms with Crippen molar-refractivity contribution >= 4 is 5.91 Å². The van der Waals surface area contributed by atoms with Crippen molar-refractivity contribution in [1.82, 2.24) is 10.6 Å². The highest BCUT2D eigenvalue weighted by Crippen LogP contribution is 2.26. The molecule has 0 radical (unpaired) electrons. The molecule has 22 heavy (non-hydrogen) atoms. The van der Waals surface area contributed by atoms with E-state index in [0.717, 1.165) is 19.4 Å². The molecule has 0 bridgehead atoms. The van der Waals surface area contributed by atoms with Crippen molar-refractivity contribution in [3.05, 3.63) is 29.8 Å². The molecule has 1 aliphatic rings. The van der Waals surface area contributed by atoms with Crippen LogP contribution in [0.2, 0.25) is 0 Å². The number of halogens is 3. The fraction of sp³-hybridized carbons (Fsp3) is 0.533. The minimum absolute atomic E-state index is 0.0892. The van der Waals surface area contributed by atoms with Crippen LogP contribution in [0.3, 0.4) is 0 Å². The van der Waals surface area contributed by atoms with Crippen LogP contribution in [-0.4, -0.2) is 31.4 Å². The summed E-state index contributed by atoms with van der Waals surface area (Å²) in [6, 6.07) is 6.16. The third-order valence-corrected chi connectivity index (χ3v) is 3.51. The highest BCUT2D eigenvalue weighted by molar-refractivity contribution is 5.76. The maximum atomic E-state index is 12.3. The molecule has 1 aliphatic heterocycles. The molecule has 0 spiro atoms. The van der Waals surface area contributed by atoms with Crippen LogP contribution in [0.25, 0.3) is 0 Å². The normalized spacial score (nSPS) is 18.2. The molecule has 2 N–H and O–H groups in total. The molecule has 1 fully saturated rings. The molecule has 7 heteroatoms. The maximum Gasteiger partial charge on any atom is 0.573 e. The fourth-order valence-corrected chi connectivity index (χ4v) is 2.50. The lowest BCUT2D eigenvalue weighted by atomic mass is 10.1. The minimum atomic E-state index is -4.71. The first-order valence-corrected chi connectivity index (χ1v) is 7.28. The Hall–Kier alpha value is -1.76. The van der Waals surface area contributed by atoms with Gasteiger partial charge >= 0.3 is 6.36 Å². The molecule has 1 atom stereocenters. The van der Waals surface area contributed by atoms with Crippen molar-refractivity contribution in [2.45, 2.75) is 38.1 Å². The molecule has 0 aromatic heterocycles. The Bertz CT molecular complexity index is 500. The van der Waals surface area contributed by atoms with E-state index in [4.69, 9.17) is 0 Å². The van der Waals surface area contributed by atoms with Crippen molar-refractivity contribution in [3.8, 4) is 5.75 Å². The lowest BCUT2D eigenvalue weighted by Gasteiger charge is -2.14. The molecule has 0 aliphatic carbocycles. The number of rotatable bonds is 6. The second kappa shape index (κ2) is 7.49. The third-order valence-electron chi connectivity index (χ3n) is 3.51. The van der Waals surface area contributed by atoms with Crippen LogP contribution in [0.15, 0.2) is 24.3 Å². The summed E-state index contributed by atoms with van der Waals surface area (Å²) in [5.74, 6) is -0.310. The average Bonchev–Trinajstić information content (AvgIpc) is 2.92. The van der Waals surface area contributed by atoms with Gasteiger partial charge in [0.25, 0.3) is 0 Å². The number of para-hydroxylation sites is 1. The summed E-state index contributed by atoms with van der Waals surface area (Å²) >= 11 is 0. The molecule has 1 aromatic rings. The number of ether oxygens (including phenoxy) is 1. The van der Waals surface area contributed by atoms with Crippen molar-refractivity contribution < 1.29 is 22.7 Å². The number of hydrogen-bond donors (Lipinski definition) is 2. The van der Waals surface area contributed by atoms with Crippen LogP contribution in [0.1, 0.15) is 24.8 Å². The molecular formula is C15H19F3N2O2. The van der Waals surface area contributed by atoms with Gasteiger partial charge in [0.05, 0.1) is 0 Å². The van der Waals surface area contributed by atoms with Crippen LogP contribution >= 0.6 is 0 Å². The van der Waals surface area contributed by atoms with Gasteiger partial charge in [0.15, 0.2) is 0 Å². The first-order valence-electron chi connectivity index (χ1n) is 7.28. The summed E-state index contributed by atoms with van der Waals surface area (Å²) in [4.78, 5) is 11.7. The lowest BCUT2D eigenvalue weighted by Crippen LogP contribution is -2.33. The van der Waals surface area contributed by atoms with Crippen molar-refractivity contribution in [2.24, 2.45) is 0 Å². The molecule has 4 nitrogen and oxygen atoms in total. The van der Waals surface area contributed by atoms with Crippen molar-refractivity contribution in [1.29, 1.82) is 0 Å². The predicted octanol–water partition coefficient (Wildman–Crippen LogP) is 2.39. The second-order valence-electron chi connectivity index (χ2n) is 5.25. The van der Waals surface area contributed by atoms with Gasteiger partial charge in [-0.3, -0.25) is 4.79 Å². The monoisotopic (exact) mass is 316 g/mol. The van der Waals surface area contributed by atoms with E-state index in [1.54, 1.807) is 12.1 Å². The van der Waals surface area contributed by atoms with E-state index in [-0.39, 0.29) is 30.7 Å². The average molecular weight is 316 g/mol. The SMILES string of the molecule is O=C(CC1CCCN1)NCCc1ccccc1OC(F)(F)F. The van der Waals surface area contributed by atoms with Gasteiger partial charge in [-0.15, -0.1) is 13.2 Å². The highest BCUT2D eigenvalue weighted by atomic mass is 19.4. The summed E-state index contributed by atoms with van der Waals surface area (Å²) in [6.45, 7) is 1.21. The van der Waals surface area contributed by atoms with Gasteiger partial charge in [-0.25, -0.2) is 0 Å². The maximum absolute atomic E-state index is 12.3. The number of nitrogens with one attached hydrogen (secondary N) is 2. The number of alkyl halides is 3. The van der Waals surface area contributed by atoms with Crippen LogP contribution in [0.4, 0.5) is 13.2 Å². The number of carbonyl (C=O) groups excluding carboxylic acids is 1. The van der Waals surface area contributed by atoms with Gasteiger partial charge in [-0.05, 0) is 37.4 Å². The molecule has 1 heterocycles. The smallest absolute Gasteiger partial charge is 0.406 e. The molecule has 1 saturated heterocycles. The fourth-order valence-electron chi connectivity index (χ4n) is 2.50. The van der Waals surface area contributed by atoms with E-state index in [2.05, 4.69) is 15.4 Å². The minimum Gasteiger partial charge on any atom is -0.406 e. The summed E-state index contributed by atoms with van der Waals surface area (Å²) in [5.41, 5.74) is 0.416. The molecule has 1 unspecified atom stereocenters. The van der Waals surface area contributed by atoms with Gasteiger partial charge in [0.2, 0.25) is 5.91 Å². The Morgan fingerprint density at radius 2 is 2.14 bits per heavy atom. The van der Waals surface area contributed by atoms with E-state index in [1.807, 2.05) is 0 Å². The van der Waals surface area contributed by atoms with E-state index in [0.29, 0.717) is 12.0 Å². The molecule has 1 amide bonds. The number of amides is 1. The Kier molecular flexibility index (Phi) is 5.65. The second-order valence-corrected chi connectivity index (χ2v) is 5.25. The van der Waals surface area contributed by atoms with Crippen LogP contribution in [0.5, 0.6) is 5.75 Å². The molecular weight excluding hydrogens is 297 g/mol. The zero-order valence-corrected chi connectivity index (χ0v) is 12.1. The third kappa shape index (κ3) is 5.55. The van der Waals surface area contributed by atoms with E-state index < -0.39 is 6.36 Å². The molecule has 2 rings (SSSR count). The van der Waals surface area contributed by atoms with Gasteiger partial charge < -0.3 is 15.4 Å². The van der Waals surface area contributed by atoms with Crippen LogP contribution in [0, 0.1) is 0 Å². The first kappa shape index (κ1) is 16.6. The number of carbonyl (C=O) groups is 1. The topological polar surface area (TPSA) is 50.4 Å². The highest BCUT2D eigenvalue weighted by Gasteiger charge is 2.31. The zero-order valence-electron chi connectivity index (χ0n) is 12.1. The lowest BCUT2D eigenvalue weighted by molar-refractivity contribution is -0.274. The van der Waals surface area contributed by atoms with E-state index in [1.165, 1.54) is 12.1 Å². The Balaban J connectivity index is 1.80. The van der Waals surface area contributed by atoms with Gasteiger partial charge in [-0.2, -0.15) is 0 Å². The first-order chi connectivity index (χ1) is 10.4. The standard InChI is InChI=1S/C15H19F3N2O2/c16-15(17,18)22-13-6-2-1-4-11(13)7-9-20-14(21)10-12-5-3-8-19-12/h1-2,4,6,12,19H,3,5,7-10H2,(H,20,21). The van der Waals surface area contributed by atoms with E-state index >= 15 is 0 Å². The van der Waals surface area contributed by atoms with Gasteiger partial charge in [0, 0.05) is 19.0 Å². The van der Waals surface area contributed by atoms with Crippen molar-refractivity contribution in [3.63, 3.8) is 0 Å². The summed E-state index contributed by atoms with van der Waals surface area (Å²) in [6.07, 6.45) is -1.97. The quantitative estimate of drug-likeness (QED) is 0.847. The number of hydrogen-bond acceptors (Lipinski definition) is 3. The Labute approximate surface area is 127 Å².